The average molecular weight is 647 g/mol. The lowest BCUT2D eigenvalue weighted by Gasteiger charge is -2.39. The van der Waals surface area contributed by atoms with Crippen LogP contribution in [0.4, 0.5) is 13.2 Å². The summed E-state index contributed by atoms with van der Waals surface area (Å²) in [7, 11) is 0. The fraction of sp³-hybridized carbons (Fsp3) is 1.00. The van der Waals surface area contributed by atoms with Gasteiger partial charge in [-0.05, 0) is 51.4 Å². The minimum absolute atomic E-state index is 0.0106. The Labute approximate surface area is 264 Å². The van der Waals surface area contributed by atoms with Gasteiger partial charge in [-0.25, -0.2) is 0 Å². The molecule has 6 N–H and O–H groups in total. The molecule has 4 atom stereocenters. The second-order valence-electron chi connectivity index (χ2n) is 13.3. The SMILES string of the molecule is CCCCC(CC)(CO)COCCC(CO)(CO)CCCC(O)C(CO)(CCOCC(CO)(CCC)CCCC)C(F)(F)F. The van der Waals surface area contributed by atoms with Gasteiger partial charge < -0.3 is 40.1 Å². The van der Waals surface area contributed by atoms with Crippen molar-refractivity contribution in [1.29, 1.82) is 0 Å². The van der Waals surface area contributed by atoms with Gasteiger partial charge in [0.2, 0.25) is 0 Å². The molecule has 0 saturated heterocycles. The van der Waals surface area contributed by atoms with Gasteiger partial charge in [-0.2, -0.15) is 13.2 Å². The van der Waals surface area contributed by atoms with Gasteiger partial charge in [0, 0.05) is 29.5 Å². The summed E-state index contributed by atoms with van der Waals surface area (Å²) < 4.78 is 54.6. The van der Waals surface area contributed by atoms with Crippen molar-refractivity contribution in [3.63, 3.8) is 0 Å². The fourth-order valence-corrected chi connectivity index (χ4v) is 6.02. The van der Waals surface area contributed by atoms with Crippen molar-refractivity contribution in [3.8, 4) is 0 Å². The molecule has 11 heteroatoms. The van der Waals surface area contributed by atoms with E-state index >= 15 is 0 Å². The molecule has 266 valence electrons. The number of unbranched alkanes of at least 4 members (excludes halogenated alkanes) is 2. The predicted octanol–water partition coefficient (Wildman–Crippen LogP) is 5.39. The summed E-state index contributed by atoms with van der Waals surface area (Å²) in [6, 6.07) is 0. The Morgan fingerprint density at radius 3 is 1.45 bits per heavy atom. The molecule has 0 aliphatic heterocycles. The van der Waals surface area contributed by atoms with E-state index in [0.29, 0.717) is 19.4 Å². The summed E-state index contributed by atoms with van der Waals surface area (Å²) in [6.07, 6.45) is 0.187. The molecule has 0 heterocycles. The highest BCUT2D eigenvalue weighted by molar-refractivity contribution is 4.93. The third kappa shape index (κ3) is 13.3. The van der Waals surface area contributed by atoms with E-state index in [1.54, 1.807) is 0 Å². The van der Waals surface area contributed by atoms with E-state index in [-0.39, 0.29) is 64.1 Å². The van der Waals surface area contributed by atoms with Gasteiger partial charge in [0.05, 0.1) is 52.4 Å². The second kappa shape index (κ2) is 22.1. The number of alkyl halides is 3. The number of hydrogen-bond donors (Lipinski definition) is 6. The van der Waals surface area contributed by atoms with Crippen molar-refractivity contribution < 1.29 is 53.3 Å². The number of aliphatic hydroxyl groups is 6. The minimum Gasteiger partial charge on any atom is -0.396 e. The Morgan fingerprint density at radius 1 is 0.545 bits per heavy atom. The highest BCUT2D eigenvalue weighted by Crippen LogP contribution is 2.46. The first-order valence-corrected chi connectivity index (χ1v) is 16.8. The van der Waals surface area contributed by atoms with Crippen LogP contribution in [0.3, 0.4) is 0 Å². The molecular formula is C33H65F3O8. The summed E-state index contributed by atoms with van der Waals surface area (Å²) in [6.45, 7) is 6.10. The maximum atomic E-state index is 14.3. The molecule has 0 amide bonds. The summed E-state index contributed by atoms with van der Waals surface area (Å²) >= 11 is 0. The van der Waals surface area contributed by atoms with Crippen LogP contribution >= 0.6 is 0 Å². The van der Waals surface area contributed by atoms with Crippen molar-refractivity contribution >= 4 is 0 Å². The Balaban J connectivity index is 5.31. The van der Waals surface area contributed by atoms with Crippen LogP contribution in [-0.2, 0) is 9.47 Å². The number of aliphatic hydroxyl groups excluding tert-OH is 6. The third-order valence-corrected chi connectivity index (χ3v) is 9.95. The van der Waals surface area contributed by atoms with Crippen LogP contribution in [0, 0.1) is 21.7 Å². The molecule has 0 aromatic carbocycles. The summed E-state index contributed by atoms with van der Waals surface area (Å²) in [4.78, 5) is 0. The molecular weight excluding hydrogens is 581 g/mol. The molecule has 0 radical (unpaired) electrons. The predicted molar refractivity (Wildman–Crippen MR) is 166 cm³/mol. The van der Waals surface area contributed by atoms with Crippen LogP contribution in [-0.4, -0.2) is 102 Å². The standard InChI is InChI=1S/C33H65F3O8/c1-5-9-14-29(8-4,21-37)26-43-19-17-30(22-38,23-39)16-11-12-28(42)32(25-41,33(34,35)36)18-20-44-27-31(24-40,13-7-3)15-10-6-2/h28,37-42H,5-27H2,1-4H3. The Bertz CT molecular complexity index is 703. The van der Waals surface area contributed by atoms with Crippen LogP contribution in [0.15, 0.2) is 0 Å². The quantitative estimate of drug-likeness (QED) is 0.0595. The molecule has 0 aromatic rings. The smallest absolute Gasteiger partial charge is 0.396 e. The largest absolute Gasteiger partial charge is 0.399 e. The van der Waals surface area contributed by atoms with E-state index in [9.17, 15) is 43.8 Å². The summed E-state index contributed by atoms with van der Waals surface area (Å²) in [5.41, 5.74) is -4.69. The molecule has 0 aliphatic carbocycles. The Morgan fingerprint density at radius 2 is 1.02 bits per heavy atom. The van der Waals surface area contributed by atoms with Crippen LogP contribution in [0.1, 0.15) is 118 Å². The van der Waals surface area contributed by atoms with Crippen LogP contribution in [0.5, 0.6) is 0 Å². The van der Waals surface area contributed by atoms with Crippen molar-refractivity contribution in [1.82, 2.24) is 0 Å². The lowest BCUT2D eigenvalue weighted by Crippen LogP contribution is -2.51. The maximum absolute atomic E-state index is 14.3. The fourth-order valence-electron chi connectivity index (χ4n) is 6.02. The van der Waals surface area contributed by atoms with E-state index in [1.807, 2.05) is 20.8 Å². The lowest BCUT2D eigenvalue weighted by atomic mass is 9.75. The summed E-state index contributed by atoms with van der Waals surface area (Å²) in [5, 5.41) is 60.9. The first-order chi connectivity index (χ1) is 20.8. The van der Waals surface area contributed by atoms with Gasteiger partial charge in [-0.1, -0.05) is 66.2 Å². The molecule has 0 saturated carbocycles. The molecule has 0 bridgehead atoms. The van der Waals surface area contributed by atoms with Crippen LogP contribution in [0.25, 0.3) is 0 Å². The normalized spacial score (nSPS) is 17.7. The van der Waals surface area contributed by atoms with E-state index in [2.05, 4.69) is 6.92 Å². The molecule has 8 nitrogen and oxygen atoms in total. The maximum Gasteiger partial charge on any atom is 0.399 e. The molecule has 0 aliphatic rings. The zero-order valence-corrected chi connectivity index (χ0v) is 28.0. The van der Waals surface area contributed by atoms with Crippen molar-refractivity contribution in [3.05, 3.63) is 0 Å². The molecule has 44 heavy (non-hydrogen) atoms. The highest BCUT2D eigenvalue weighted by Gasteiger charge is 2.58. The first kappa shape index (κ1) is 43.5. The highest BCUT2D eigenvalue weighted by atomic mass is 19.4. The van der Waals surface area contributed by atoms with E-state index in [4.69, 9.17) is 9.47 Å². The van der Waals surface area contributed by atoms with Crippen LogP contribution < -0.4 is 0 Å². The van der Waals surface area contributed by atoms with Gasteiger partial charge in [-0.15, -0.1) is 0 Å². The van der Waals surface area contributed by atoms with Gasteiger partial charge in [0.25, 0.3) is 0 Å². The van der Waals surface area contributed by atoms with Crippen molar-refractivity contribution in [2.75, 3.05) is 59.5 Å². The third-order valence-electron chi connectivity index (χ3n) is 9.95. The summed E-state index contributed by atoms with van der Waals surface area (Å²) in [5.74, 6) is 0. The van der Waals surface area contributed by atoms with Gasteiger partial charge in [0.1, 0.15) is 5.41 Å². The topological polar surface area (TPSA) is 140 Å². The zero-order valence-electron chi connectivity index (χ0n) is 28.0. The molecule has 0 spiro atoms. The van der Waals surface area contributed by atoms with Gasteiger partial charge >= 0.3 is 6.18 Å². The Kier molecular flexibility index (Phi) is 21.8. The molecule has 0 rings (SSSR count). The van der Waals surface area contributed by atoms with Gasteiger partial charge in [0.15, 0.2) is 0 Å². The second-order valence-corrected chi connectivity index (χ2v) is 13.3. The van der Waals surface area contributed by atoms with E-state index < -0.39 is 54.8 Å². The number of ether oxygens (including phenoxy) is 2. The Hall–Kier alpha value is -0.530. The molecule has 4 unspecified atom stereocenters. The zero-order chi connectivity index (χ0) is 33.8. The van der Waals surface area contributed by atoms with Crippen LogP contribution in [0.2, 0.25) is 0 Å². The first-order valence-electron chi connectivity index (χ1n) is 16.8. The minimum atomic E-state index is -4.90. The van der Waals surface area contributed by atoms with E-state index in [1.165, 1.54) is 0 Å². The molecule has 0 aromatic heterocycles. The van der Waals surface area contributed by atoms with Gasteiger partial charge in [-0.3, -0.25) is 0 Å². The number of halogens is 3. The average Bonchev–Trinajstić information content (AvgIpc) is 3.02. The van der Waals surface area contributed by atoms with Crippen molar-refractivity contribution in [2.24, 2.45) is 21.7 Å². The lowest BCUT2D eigenvalue weighted by molar-refractivity contribution is -0.273. The molecule has 0 fully saturated rings. The monoisotopic (exact) mass is 646 g/mol. The number of rotatable bonds is 29. The number of hydrogen-bond acceptors (Lipinski definition) is 8. The van der Waals surface area contributed by atoms with Crippen molar-refractivity contribution in [2.45, 2.75) is 130 Å². The van der Waals surface area contributed by atoms with E-state index in [0.717, 1.165) is 44.9 Å².